The fourth-order valence-electron chi connectivity index (χ4n) is 2.27. The Bertz CT molecular complexity index is 807. The van der Waals surface area contributed by atoms with Gasteiger partial charge in [0, 0.05) is 24.4 Å². The van der Waals surface area contributed by atoms with Crippen molar-refractivity contribution in [2.75, 3.05) is 18.5 Å². The molecule has 0 aliphatic rings. The van der Waals surface area contributed by atoms with Crippen molar-refractivity contribution in [3.8, 4) is 0 Å². The van der Waals surface area contributed by atoms with Crippen LogP contribution >= 0.6 is 0 Å². The molecule has 0 bridgehead atoms. The van der Waals surface area contributed by atoms with Crippen LogP contribution < -0.4 is 10.6 Å². The molecule has 1 amide bonds. The minimum atomic E-state index is -0.486. The Morgan fingerprint density at radius 1 is 1.15 bits per heavy atom. The van der Waals surface area contributed by atoms with Gasteiger partial charge in [-0.3, -0.25) is 19.7 Å². The van der Waals surface area contributed by atoms with E-state index < -0.39 is 10.9 Å². The molecule has 0 aliphatic heterocycles. The van der Waals surface area contributed by atoms with Crippen LogP contribution in [0.3, 0.4) is 0 Å². The predicted molar refractivity (Wildman–Crippen MR) is 95.8 cm³/mol. The molecule has 0 saturated heterocycles. The molecule has 2 aromatic rings. The number of carbonyl (C=O) groups excluding carboxylic acids is 2. The molecule has 0 atom stereocenters. The highest BCUT2D eigenvalue weighted by atomic mass is 16.6. The molecule has 8 nitrogen and oxygen atoms in total. The van der Waals surface area contributed by atoms with Gasteiger partial charge in [-0.25, -0.2) is 0 Å². The average Bonchev–Trinajstić information content (AvgIpc) is 2.65. The number of amides is 1. The second-order valence-corrected chi connectivity index (χ2v) is 5.31. The highest BCUT2D eigenvalue weighted by molar-refractivity contribution is 5.99. The lowest BCUT2D eigenvalue weighted by Gasteiger charge is -2.12. The van der Waals surface area contributed by atoms with E-state index in [0.717, 1.165) is 0 Å². The topological polar surface area (TPSA) is 111 Å². The van der Waals surface area contributed by atoms with Gasteiger partial charge in [0.05, 0.1) is 17.1 Å². The number of anilines is 1. The van der Waals surface area contributed by atoms with Crippen molar-refractivity contribution in [1.82, 2.24) is 5.32 Å². The highest BCUT2D eigenvalue weighted by Gasteiger charge is 2.12. The van der Waals surface area contributed by atoms with Gasteiger partial charge in [0.2, 0.25) is 0 Å². The zero-order valence-electron chi connectivity index (χ0n) is 14.2. The summed E-state index contributed by atoms with van der Waals surface area (Å²) in [5.41, 5.74) is 1.44. The van der Waals surface area contributed by atoms with Crippen LogP contribution in [-0.2, 0) is 16.1 Å². The van der Waals surface area contributed by atoms with E-state index in [0.29, 0.717) is 16.8 Å². The standard InChI is InChI=1S/C18H19N3O5/c1-2-26-17(22)12-19-16-9-4-3-8-15(16)18(23)20-11-13-6-5-7-14(10-13)21(24)25/h3-10,19H,2,11-12H2,1H3,(H,20,23). The highest BCUT2D eigenvalue weighted by Crippen LogP contribution is 2.16. The van der Waals surface area contributed by atoms with Crippen LogP contribution in [0, 0.1) is 10.1 Å². The fraction of sp³-hybridized carbons (Fsp3) is 0.222. The van der Waals surface area contributed by atoms with Gasteiger partial charge in [0.25, 0.3) is 11.6 Å². The summed E-state index contributed by atoms with van der Waals surface area (Å²) in [6.45, 7) is 2.09. The number of nitro benzene ring substituents is 1. The Balaban J connectivity index is 2.02. The summed E-state index contributed by atoms with van der Waals surface area (Å²) in [4.78, 5) is 34.2. The Labute approximate surface area is 150 Å². The summed E-state index contributed by atoms with van der Waals surface area (Å²) >= 11 is 0. The molecule has 0 aromatic heterocycles. The molecule has 0 spiro atoms. The molecule has 0 aliphatic carbocycles. The monoisotopic (exact) mass is 357 g/mol. The van der Waals surface area contributed by atoms with Crippen LogP contribution in [0.4, 0.5) is 11.4 Å². The maximum Gasteiger partial charge on any atom is 0.325 e. The van der Waals surface area contributed by atoms with Crippen LogP contribution in [0.15, 0.2) is 48.5 Å². The van der Waals surface area contributed by atoms with E-state index >= 15 is 0 Å². The van der Waals surface area contributed by atoms with Gasteiger partial charge < -0.3 is 15.4 Å². The third-order valence-corrected chi connectivity index (χ3v) is 3.47. The molecule has 0 radical (unpaired) electrons. The summed E-state index contributed by atoms with van der Waals surface area (Å²) in [5.74, 6) is -0.775. The number of hydrogen-bond donors (Lipinski definition) is 2. The van der Waals surface area contributed by atoms with Crippen LogP contribution in [-0.4, -0.2) is 30.0 Å². The third-order valence-electron chi connectivity index (χ3n) is 3.47. The van der Waals surface area contributed by atoms with Gasteiger partial charge in [0.1, 0.15) is 6.54 Å². The van der Waals surface area contributed by atoms with Crippen molar-refractivity contribution in [3.05, 3.63) is 69.8 Å². The maximum absolute atomic E-state index is 12.4. The maximum atomic E-state index is 12.4. The molecular weight excluding hydrogens is 338 g/mol. The third kappa shape index (κ3) is 5.30. The Kier molecular flexibility index (Phi) is 6.67. The van der Waals surface area contributed by atoms with E-state index in [1.54, 1.807) is 43.3 Å². The normalized spacial score (nSPS) is 10.0. The van der Waals surface area contributed by atoms with Crippen LogP contribution in [0.2, 0.25) is 0 Å². The van der Waals surface area contributed by atoms with E-state index in [9.17, 15) is 19.7 Å². The molecule has 2 N–H and O–H groups in total. The fourth-order valence-corrected chi connectivity index (χ4v) is 2.27. The number of hydrogen-bond acceptors (Lipinski definition) is 6. The molecular formula is C18H19N3O5. The summed E-state index contributed by atoms with van der Waals surface area (Å²) in [6.07, 6.45) is 0. The lowest BCUT2D eigenvalue weighted by Crippen LogP contribution is -2.25. The largest absolute Gasteiger partial charge is 0.465 e. The summed E-state index contributed by atoms with van der Waals surface area (Å²) in [7, 11) is 0. The van der Waals surface area contributed by atoms with Gasteiger partial charge in [-0.15, -0.1) is 0 Å². The smallest absolute Gasteiger partial charge is 0.325 e. The van der Waals surface area contributed by atoms with Crippen LogP contribution in [0.25, 0.3) is 0 Å². The first-order valence-corrected chi connectivity index (χ1v) is 8.01. The first-order chi connectivity index (χ1) is 12.5. The van der Waals surface area contributed by atoms with Crippen molar-refractivity contribution < 1.29 is 19.2 Å². The number of carbonyl (C=O) groups is 2. The SMILES string of the molecule is CCOC(=O)CNc1ccccc1C(=O)NCc1cccc([N+](=O)[O-])c1. The molecule has 2 rings (SSSR count). The second kappa shape index (κ2) is 9.16. The summed E-state index contributed by atoms with van der Waals surface area (Å²) < 4.78 is 4.84. The van der Waals surface area contributed by atoms with Crippen molar-refractivity contribution >= 4 is 23.3 Å². The first-order valence-electron chi connectivity index (χ1n) is 8.01. The minimum Gasteiger partial charge on any atom is -0.465 e. The van der Waals surface area contributed by atoms with Crippen LogP contribution in [0.5, 0.6) is 0 Å². The Hall–Kier alpha value is -3.42. The van der Waals surface area contributed by atoms with Crippen molar-refractivity contribution in [3.63, 3.8) is 0 Å². The summed E-state index contributed by atoms with van der Waals surface area (Å²) in [6, 6.07) is 12.8. The predicted octanol–water partition coefficient (Wildman–Crippen LogP) is 2.50. The van der Waals surface area contributed by atoms with E-state index in [4.69, 9.17) is 4.74 Å². The van der Waals surface area contributed by atoms with Crippen molar-refractivity contribution in [2.24, 2.45) is 0 Å². The zero-order chi connectivity index (χ0) is 18.9. The van der Waals surface area contributed by atoms with Crippen molar-refractivity contribution in [1.29, 1.82) is 0 Å². The van der Waals surface area contributed by atoms with Crippen LogP contribution in [0.1, 0.15) is 22.8 Å². The second-order valence-electron chi connectivity index (χ2n) is 5.31. The van der Waals surface area contributed by atoms with Crippen molar-refractivity contribution in [2.45, 2.75) is 13.5 Å². The van der Waals surface area contributed by atoms with E-state index in [2.05, 4.69) is 10.6 Å². The summed E-state index contributed by atoms with van der Waals surface area (Å²) in [5, 5.41) is 16.4. The first kappa shape index (κ1) is 18.9. The zero-order valence-corrected chi connectivity index (χ0v) is 14.2. The molecule has 8 heteroatoms. The van der Waals surface area contributed by atoms with E-state index in [1.807, 2.05) is 0 Å². The number of para-hydroxylation sites is 1. The number of ether oxygens (including phenoxy) is 1. The van der Waals surface area contributed by atoms with E-state index in [-0.39, 0.29) is 31.3 Å². The number of non-ortho nitro benzene ring substituents is 1. The molecule has 136 valence electrons. The molecule has 0 fully saturated rings. The molecule has 0 saturated carbocycles. The van der Waals surface area contributed by atoms with Gasteiger partial charge in [-0.05, 0) is 24.6 Å². The number of nitrogens with one attached hydrogen (secondary N) is 2. The molecule has 26 heavy (non-hydrogen) atoms. The number of rotatable bonds is 8. The molecule has 0 unspecified atom stereocenters. The number of nitrogens with zero attached hydrogens (tertiary/aromatic N) is 1. The van der Waals surface area contributed by atoms with Gasteiger partial charge >= 0.3 is 5.97 Å². The minimum absolute atomic E-state index is 0.0340. The average molecular weight is 357 g/mol. The molecule has 0 heterocycles. The van der Waals surface area contributed by atoms with Gasteiger partial charge in [-0.1, -0.05) is 24.3 Å². The Morgan fingerprint density at radius 3 is 2.65 bits per heavy atom. The quantitative estimate of drug-likeness (QED) is 0.427. The lowest BCUT2D eigenvalue weighted by atomic mass is 10.1. The van der Waals surface area contributed by atoms with Gasteiger partial charge in [0.15, 0.2) is 0 Å². The number of esters is 1. The van der Waals surface area contributed by atoms with Gasteiger partial charge in [-0.2, -0.15) is 0 Å². The Morgan fingerprint density at radius 2 is 1.92 bits per heavy atom. The number of nitro groups is 1. The van der Waals surface area contributed by atoms with E-state index in [1.165, 1.54) is 12.1 Å². The lowest BCUT2D eigenvalue weighted by molar-refractivity contribution is -0.384. The molecule has 2 aromatic carbocycles. The number of benzene rings is 2.